The van der Waals surface area contributed by atoms with E-state index in [0.29, 0.717) is 5.95 Å². The molecule has 1 N–H and O–H groups in total. The number of morpholine rings is 1. The fraction of sp³-hybridized carbons (Fsp3) is 0.444. The van der Waals surface area contributed by atoms with Crippen molar-refractivity contribution >= 4 is 17.5 Å². The molecule has 3 rings (SSSR count). The lowest BCUT2D eigenvalue weighted by molar-refractivity contribution is 0.122. The summed E-state index contributed by atoms with van der Waals surface area (Å²) in [5.41, 5.74) is 1.80. The molecule has 0 unspecified atom stereocenters. The first-order valence-electron chi connectivity index (χ1n) is 8.48. The predicted octanol–water partition coefficient (Wildman–Crippen LogP) is 3.54. The Morgan fingerprint density at radius 1 is 1.17 bits per heavy atom. The van der Waals surface area contributed by atoms with E-state index in [9.17, 15) is 4.39 Å². The minimum Gasteiger partial charge on any atom is -0.378 e. The number of benzene rings is 1. The van der Waals surface area contributed by atoms with Crippen molar-refractivity contribution in [3.05, 3.63) is 41.8 Å². The van der Waals surface area contributed by atoms with Gasteiger partial charge in [0.25, 0.3) is 0 Å². The van der Waals surface area contributed by atoms with Crippen molar-refractivity contribution in [1.29, 1.82) is 0 Å². The van der Waals surface area contributed by atoms with E-state index in [4.69, 9.17) is 4.74 Å². The number of aryl methyl sites for hydroxylation is 1. The minimum atomic E-state index is -0.257. The zero-order valence-corrected chi connectivity index (χ0v) is 14.0. The summed E-state index contributed by atoms with van der Waals surface area (Å²) in [5, 5.41) is 3.18. The van der Waals surface area contributed by atoms with Gasteiger partial charge < -0.3 is 15.0 Å². The third-order valence-corrected chi connectivity index (χ3v) is 3.99. The first kappa shape index (κ1) is 16.6. The lowest BCUT2D eigenvalue weighted by Gasteiger charge is -2.28. The SMILES string of the molecule is CCCCc1cc(N2CCOCC2)nc(Nc2ccc(F)cc2)n1. The van der Waals surface area contributed by atoms with E-state index in [0.717, 1.165) is 62.8 Å². The van der Waals surface area contributed by atoms with Crippen molar-refractivity contribution in [2.75, 3.05) is 36.5 Å². The van der Waals surface area contributed by atoms with Crippen molar-refractivity contribution in [3.8, 4) is 0 Å². The molecule has 0 aliphatic carbocycles. The molecule has 1 aliphatic rings. The molecule has 5 nitrogen and oxygen atoms in total. The summed E-state index contributed by atoms with van der Waals surface area (Å²) in [6.07, 6.45) is 3.14. The van der Waals surface area contributed by atoms with Crippen LogP contribution in [0.15, 0.2) is 30.3 Å². The van der Waals surface area contributed by atoms with Crippen LogP contribution in [0.1, 0.15) is 25.5 Å². The van der Waals surface area contributed by atoms with Crippen LogP contribution < -0.4 is 10.2 Å². The highest BCUT2D eigenvalue weighted by Crippen LogP contribution is 2.20. The Hall–Kier alpha value is -2.21. The van der Waals surface area contributed by atoms with Crippen LogP contribution in [0.4, 0.5) is 21.8 Å². The van der Waals surface area contributed by atoms with Gasteiger partial charge in [0, 0.05) is 30.5 Å². The average Bonchev–Trinajstić information content (AvgIpc) is 2.62. The summed E-state index contributed by atoms with van der Waals surface area (Å²) in [6.45, 7) is 5.27. The van der Waals surface area contributed by atoms with Gasteiger partial charge in [-0.05, 0) is 37.1 Å². The van der Waals surface area contributed by atoms with E-state index in [1.165, 1.54) is 12.1 Å². The standard InChI is InChI=1S/C18H23FN4O/c1-2-3-4-16-13-17(23-9-11-24-12-10-23)22-18(21-16)20-15-7-5-14(19)6-8-15/h5-8,13H,2-4,9-12H2,1H3,(H,20,21,22). The fourth-order valence-electron chi connectivity index (χ4n) is 2.64. The summed E-state index contributed by atoms with van der Waals surface area (Å²) < 4.78 is 18.5. The summed E-state index contributed by atoms with van der Waals surface area (Å²) >= 11 is 0. The van der Waals surface area contributed by atoms with Gasteiger partial charge >= 0.3 is 0 Å². The number of anilines is 3. The van der Waals surface area contributed by atoms with Crippen molar-refractivity contribution in [1.82, 2.24) is 9.97 Å². The molecule has 0 radical (unpaired) electrons. The van der Waals surface area contributed by atoms with Crippen molar-refractivity contribution in [2.24, 2.45) is 0 Å². The van der Waals surface area contributed by atoms with Crippen LogP contribution >= 0.6 is 0 Å². The zero-order valence-electron chi connectivity index (χ0n) is 14.0. The van der Waals surface area contributed by atoms with Crippen LogP contribution in [0.25, 0.3) is 0 Å². The van der Waals surface area contributed by atoms with Gasteiger partial charge in [-0.15, -0.1) is 0 Å². The normalized spacial score (nSPS) is 14.7. The van der Waals surface area contributed by atoms with Gasteiger partial charge in [0.1, 0.15) is 11.6 Å². The number of aromatic nitrogens is 2. The van der Waals surface area contributed by atoms with Crippen LogP contribution in [0.2, 0.25) is 0 Å². The number of nitrogens with zero attached hydrogens (tertiary/aromatic N) is 3. The molecule has 6 heteroatoms. The number of hydrogen-bond donors (Lipinski definition) is 1. The quantitative estimate of drug-likeness (QED) is 0.878. The smallest absolute Gasteiger partial charge is 0.229 e. The molecular formula is C18H23FN4O. The van der Waals surface area contributed by atoms with Gasteiger partial charge in [-0.25, -0.2) is 9.37 Å². The first-order chi connectivity index (χ1) is 11.7. The van der Waals surface area contributed by atoms with Gasteiger partial charge in [-0.2, -0.15) is 4.98 Å². The molecule has 1 aromatic carbocycles. The molecule has 1 fully saturated rings. The Bertz CT molecular complexity index is 657. The van der Waals surface area contributed by atoms with E-state index < -0.39 is 0 Å². The third-order valence-electron chi connectivity index (χ3n) is 3.99. The summed E-state index contributed by atoms with van der Waals surface area (Å²) in [6, 6.07) is 8.28. The molecule has 0 amide bonds. The highest BCUT2D eigenvalue weighted by molar-refractivity contribution is 5.55. The Kier molecular flexibility index (Phi) is 5.59. The second-order valence-corrected chi connectivity index (χ2v) is 5.88. The largest absolute Gasteiger partial charge is 0.378 e. The van der Waals surface area contributed by atoms with Gasteiger partial charge in [-0.1, -0.05) is 13.3 Å². The average molecular weight is 330 g/mol. The number of halogens is 1. The van der Waals surface area contributed by atoms with Gasteiger partial charge in [0.15, 0.2) is 0 Å². The second kappa shape index (κ2) is 8.06. The van der Waals surface area contributed by atoms with Crippen LogP contribution in [-0.4, -0.2) is 36.3 Å². The number of unbranched alkanes of at least 4 members (excludes halogenated alkanes) is 1. The van der Waals surface area contributed by atoms with E-state index in [2.05, 4.69) is 33.2 Å². The molecule has 1 aliphatic heterocycles. The fourth-order valence-corrected chi connectivity index (χ4v) is 2.64. The van der Waals surface area contributed by atoms with E-state index in [-0.39, 0.29) is 5.82 Å². The number of nitrogens with one attached hydrogen (secondary N) is 1. The monoisotopic (exact) mass is 330 g/mol. The van der Waals surface area contributed by atoms with Crippen LogP contribution in [0.5, 0.6) is 0 Å². The van der Waals surface area contributed by atoms with Crippen molar-refractivity contribution < 1.29 is 9.13 Å². The lowest BCUT2D eigenvalue weighted by atomic mass is 10.2. The van der Waals surface area contributed by atoms with E-state index in [1.807, 2.05) is 0 Å². The van der Waals surface area contributed by atoms with E-state index in [1.54, 1.807) is 12.1 Å². The molecule has 0 bridgehead atoms. The van der Waals surface area contributed by atoms with Crippen LogP contribution in [-0.2, 0) is 11.2 Å². The number of hydrogen-bond acceptors (Lipinski definition) is 5. The first-order valence-corrected chi connectivity index (χ1v) is 8.48. The molecule has 1 aromatic heterocycles. The Morgan fingerprint density at radius 3 is 2.62 bits per heavy atom. The summed E-state index contributed by atoms with van der Waals surface area (Å²) in [4.78, 5) is 11.5. The second-order valence-electron chi connectivity index (χ2n) is 5.88. The Balaban J connectivity index is 1.84. The molecule has 0 saturated carbocycles. The Morgan fingerprint density at radius 2 is 1.92 bits per heavy atom. The number of rotatable bonds is 6. The topological polar surface area (TPSA) is 50.3 Å². The third kappa shape index (κ3) is 4.41. The highest BCUT2D eigenvalue weighted by atomic mass is 19.1. The van der Waals surface area contributed by atoms with Gasteiger partial charge in [0.05, 0.1) is 13.2 Å². The maximum absolute atomic E-state index is 13.1. The van der Waals surface area contributed by atoms with Crippen molar-refractivity contribution in [2.45, 2.75) is 26.2 Å². The van der Waals surface area contributed by atoms with E-state index >= 15 is 0 Å². The lowest BCUT2D eigenvalue weighted by Crippen LogP contribution is -2.37. The molecule has 128 valence electrons. The highest BCUT2D eigenvalue weighted by Gasteiger charge is 2.15. The minimum absolute atomic E-state index is 0.257. The molecule has 2 aromatic rings. The zero-order chi connectivity index (χ0) is 16.8. The molecular weight excluding hydrogens is 307 g/mol. The molecule has 0 atom stereocenters. The molecule has 24 heavy (non-hydrogen) atoms. The summed E-state index contributed by atoms with van der Waals surface area (Å²) in [5.74, 6) is 1.22. The maximum atomic E-state index is 13.1. The maximum Gasteiger partial charge on any atom is 0.229 e. The molecule has 2 heterocycles. The summed E-state index contributed by atoms with van der Waals surface area (Å²) in [7, 11) is 0. The molecule has 1 saturated heterocycles. The predicted molar refractivity (Wildman–Crippen MR) is 93.4 cm³/mol. The number of ether oxygens (including phenoxy) is 1. The van der Waals surface area contributed by atoms with Crippen LogP contribution in [0.3, 0.4) is 0 Å². The Labute approximate surface area is 141 Å². The van der Waals surface area contributed by atoms with Gasteiger partial charge in [-0.3, -0.25) is 0 Å². The van der Waals surface area contributed by atoms with Gasteiger partial charge in [0.2, 0.25) is 5.95 Å². The van der Waals surface area contributed by atoms with Crippen LogP contribution in [0, 0.1) is 5.82 Å². The molecule has 0 spiro atoms. The van der Waals surface area contributed by atoms with Crippen molar-refractivity contribution in [3.63, 3.8) is 0 Å².